The fourth-order valence-electron chi connectivity index (χ4n) is 1.57. The summed E-state index contributed by atoms with van der Waals surface area (Å²) in [6.45, 7) is 13.7. The minimum atomic E-state index is 0.295. The van der Waals surface area contributed by atoms with Crippen molar-refractivity contribution in [2.75, 3.05) is 32.7 Å². The first kappa shape index (κ1) is 9.68. The Kier molecular flexibility index (Phi) is 3.69. The average Bonchev–Trinajstić information content (AvgIpc) is 2.17. The van der Waals surface area contributed by atoms with Crippen LogP contribution in [0.1, 0.15) is 13.8 Å². The van der Waals surface area contributed by atoms with Gasteiger partial charge in [-0.05, 0) is 20.2 Å². The maximum atomic E-state index is 4.02. The van der Waals surface area contributed by atoms with Crippen molar-refractivity contribution >= 4 is 6.72 Å². The van der Waals surface area contributed by atoms with Crippen LogP contribution < -0.4 is 0 Å². The van der Waals surface area contributed by atoms with Crippen LogP contribution in [0.25, 0.3) is 0 Å². The first-order chi connectivity index (χ1) is 5.77. The van der Waals surface area contributed by atoms with Gasteiger partial charge in [-0.3, -0.25) is 9.89 Å². The predicted octanol–water partition coefficient (Wildman–Crippen LogP) is 0.670. The SMILES string of the molecule is C=NC(C)N1CCN(CC)CC1. The van der Waals surface area contributed by atoms with Gasteiger partial charge in [-0.15, -0.1) is 0 Å². The van der Waals surface area contributed by atoms with Crippen LogP contribution in [0.3, 0.4) is 0 Å². The molecule has 0 bridgehead atoms. The van der Waals surface area contributed by atoms with Gasteiger partial charge in [-0.25, -0.2) is 0 Å². The second-order valence-electron chi connectivity index (χ2n) is 3.28. The monoisotopic (exact) mass is 169 g/mol. The zero-order chi connectivity index (χ0) is 8.97. The number of nitrogens with zero attached hydrogens (tertiary/aromatic N) is 3. The molecule has 0 amide bonds. The molecule has 1 heterocycles. The first-order valence-corrected chi connectivity index (χ1v) is 4.70. The molecule has 0 aliphatic carbocycles. The molecule has 0 radical (unpaired) electrons. The molecule has 1 unspecified atom stereocenters. The van der Waals surface area contributed by atoms with E-state index < -0.39 is 0 Å². The van der Waals surface area contributed by atoms with Crippen molar-refractivity contribution in [1.29, 1.82) is 0 Å². The summed E-state index contributed by atoms with van der Waals surface area (Å²) in [6, 6.07) is 0. The summed E-state index contributed by atoms with van der Waals surface area (Å²) in [5.74, 6) is 0. The Hall–Kier alpha value is -0.410. The van der Waals surface area contributed by atoms with E-state index in [0.717, 1.165) is 13.1 Å². The summed E-state index contributed by atoms with van der Waals surface area (Å²) in [6.07, 6.45) is 0.295. The van der Waals surface area contributed by atoms with Gasteiger partial charge in [-0.2, -0.15) is 0 Å². The summed E-state index contributed by atoms with van der Waals surface area (Å²) < 4.78 is 0. The average molecular weight is 169 g/mol. The third-order valence-electron chi connectivity index (χ3n) is 2.65. The van der Waals surface area contributed by atoms with Gasteiger partial charge in [0.25, 0.3) is 0 Å². The number of aliphatic imine (C=N–C) groups is 1. The van der Waals surface area contributed by atoms with Gasteiger partial charge in [0.2, 0.25) is 0 Å². The Bertz CT molecular complexity index is 139. The van der Waals surface area contributed by atoms with Crippen molar-refractivity contribution in [3.63, 3.8) is 0 Å². The van der Waals surface area contributed by atoms with E-state index >= 15 is 0 Å². The molecule has 0 aromatic carbocycles. The van der Waals surface area contributed by atoms with Crippen LogP contribution in [-0.2, 0) is 0 Å². The molecule has 0 spiro atoms. The van der Waals surface area contributed by atoms with Gasteiger partial charge in [-0.1, -0.05) is 6.92 Å². The van der Waals surface area contributed by atoms with E-state index in [1.165, 1.54) is 19.6 Å². The molecule has 0 saturated carbocycles. The quantitative estimate of drug-likeness (QED) is 0.578. The van der Waals surface area contributed by atoms with Gasteiger partial charge in [0.1, 0.15) is 0 Å². The van der Waals surface area contributed by atoms with Crippen molar-refractivity contribution in [2.45, 2.75) is 20.0 Å². The van der Waals surface area contributed by atoms with E-state index in [-0.39, 0.29) is 0 Å². The van der Waals surface area contributed by atoms with Crippen LogP contribution in [0.5, 0.6) is 0 Å². The summed E-state index contributed by atoms with van der Waals surface area (Å²) in [4.78, 5) is 8.86. The van der Waals surface area contributed by atoms with E-state index in [2.05, 4.69) is 35.4 Å². The van der Waals surface area contributed by atoms with Crippen molar-refractivity contribution in [3.8, 4) is 0 Å². The second kappa shape index (κ2) is 4.58. The lowest BCUT2D eigenvalue weighted by Gasteiger charge is -2.35. The number of hydrogen-bond donors (Lipinski definition) is 0. The number of hydrogen-bond acceptors (Lipinski definition) is 3. The highest BCUT2D eigenvalue weighted by molar-refractivity contribution is 5.23. The van der Waals surface area contributed by atoms with Crippen LogP contribution in [0, 0.1) is 0 Å². The largest absolute Gasteiger partial charge is 0.301 e. The van der Waals surface area contributed by atoms with E-state index in [4.69, 9.17) is 0 Å². The molecule has 3 heteroatoms. The molecule has 1 rings (SSSR count). The van der Waals surface area contributed by atoms with Crippen LogP contribution in [0.4, 0.5) is 0 Å². The Balaban J connectivity index is 2.30. The Morgan fingerprint density at radius 1 is 1.33 bits per heavy atom. The highest BCUT2D eigenvalue weighted by Crippen LogP contribution is 2.05. The van der Waals surface area contributed by atoms with Gasteiger partial charge < -0.3 is 4.90 Å². The van der Waals surface area contributed by atoms with Crippen LogP contribution >= 0.6 is 0 Å². The molecule has 0 N–H and O–H groups in total. The molecule has 12 heavy (non-hydrogen) atoms. The molecule has 0 aromatic rings. The summed E-state index contributed by atoms with van der Waals surface area (Å²) in [7, 11) is 0. The van der Waals surface area contributed by atoms with E-state index in [1.54, 1.807) is 0 Å². The minimum absolute atomic E-state index is 0.295. The number of likely N-dealkylation sites (N-methyl/N-ethyl adjacent to an activating group) is 1. The summed E-state index contributed by atoms with van der Waals surface area (Å²) in [5, 5.41) is 0. The van der Waals surface area contributed by atoms with E-state index in [0.29, 0.717) is 6.17 Å². The highest BCUT2D eigenvalue weighted by atomic mass is 15.3. The van der Waals surface area contributed by atoms with Gasteiger partial charge >= 0.3 is 0 Å². The molecular formula is C9H19N3. The molecule has 70 valence electrons. The molecule has 1 atom stereocenters. The lowest BCUT2D eigenvalue weighted by molar-refractivity contribution is 0.109. The summed E-state index contributed by atoms with van der Waals surface area (Å²) in [5.41, 5.74) is 0. The lowest BCUT2D eigenvalue weighted by atomic mass is 10.3. The number of rotatable bonds is 3. The van der Waals surface area contributed by atoms with Crippen molar-refractivity contribution in [2.24, 2.45) is 4.99 Å². The molecule has 1 aliphatic heterocycles. The van der Waals surface area contributed by atoms with E-state index in [1.807, 2.05) is 0 Å². The Morgan fingerprint density at radius 2 is 1.92 bits per heavy atom. The maximum absolute atomic E-state index is 4.02. The van der Waals surface area contributed by atoms with Gasteiger partial charge in [0, 0.05) is 26.2 Å². The standard InChI is InChI=1S/C9H19N3/c1-4-11-5-7-12(8-6-11)9(2)10-3/h9H,3-8H2,1-2H3. The zero-order valence-corrected chi connectivity index (χ0v) is 8.16. The Morgan fingerprint density at radius 3 is 2.33 bits per heavy atom. The fraction of sp³-hybridized carbons (Fsp3) is 0.889. The molecule has 3 nitrogen and oxygen atoms in total. The lowest BCUT2D eigenvalue weighted by Crippen LogP contribution is -2.48. The minimum Gasteiger partial charge on any atom is -0.301 e. The van der Waals surface area contributed by atoms with Crippen LogP contribution in [0.15, 0.2) is 4.99 Å². The molecule has 0 aromatic heterocycles. The Labute approximate surface area is 75.1 Å². The second-order valence-corrected chi connectivity index (χ2v) is 3.28. The molecule has 1 saturated heterocycles. The van der Waals surface area contributed by atoms with Crippen molar-refractivity contribution in [3.05, 3.63) is 0 Å². The summed E-state index contributed by atoms with van der Waals surface area (Å²) >= 11 is 0. The third-order valence-corrected chi connectivity index (χ3v) is 2.65. The highest BCUT2D eigenvalue weighted by Gasteiger charge is 2.18. The third kappa shape index (κ3) is 2.29. The molecular weight excluding hydrogens is 150 g/mol. The zero-order valence-electron chi connectivity index (χ0n) is 8.16. The van der Waals surface area contributed by atoms with Crippen molar-refractivity contribution in [1.82, 2.24) is 9.80 Å². The fourth-order valence-corrected chi connectivity index (χ4v) is 1.57. The topological polar surface area (TPSA) is 18.8 Å². The normalized spacial score (nSPS) is 23.8. The van der Waals surface area contributed by atoms with Gasteiger partial charge in [0.15, 0.2) is 0 Å². The van der Waals surface area contributed by atoms with E-state index in [9.17, 15) is 0 Å². The first-order valence-electron chi connectivity index (χ1n) is 4.70. The molecule has 1 fully saturated rings. The van der Waals surface area contributed by atoms with Crippen LogP contribution in [0.2, 0.25) is 0 Å². The molecule has 1 aliphatic rings. The predicted molar refractivity (Wildman–Crippen MR) is 52.7 cm³/mol. The van der Waals surface area contributed by atoms with Crippen LogP contribution in [-0.4, -0.2) is 55.4 Å². The smallest absolute Gasteiger partial charge is 0.0984 e. The maximum Gasteiger partial charge on any atom is 0.0984 e. The van der Waals surface area contributed by atoms with Crippen molar-refractivity contribution < 1.29 is 0 Å². The van der Waals surface area contributed by atoms with Gasteiger partial charge in [0.05, 0.1) is 6.17 Å². The number of piperazine rings is 1.